The number of anilines is 1. The predicted molar refractivity (Wildman–Crippen MR) is 99.9 cm³/mol. The van der Waals surface area contributed by atoms with Crippen molar-refractivity contribution in [3.8, 4) is 17.0 Å². The first-order chi connectivity index (χ1) is 12.2. The van der Waals surface area contributed by atoms with Gasteiger partial charge in [-0.15, -0.1) is 0 Å². The standard InChI is InChI=1S/C21H20N2O2/c1-15(16-5-2-6-16)22-18-7-3-8-19(13-18)23-14-17(10-11-21(23)24)20-9-4-12-25-20/h3-4,7-14,22H,2,5-6H2,1H3. The highest BCUT2D eigenvalue weighted by atomic mass is 16.3. The highest BCUT2D eigenvalue weighted by molar-refractivity contribution is 5.58. The molecule has 1 saturated carbocycles. The van der Waals surface area contributed by atoms with E-state index < -0.39 is 0 Å². The van der Waals surface area contributed by atoms with Crippen LogP contribution in [0.3, 0.4) is 0 Å². The fourth-order valence-electron chi connectivity index (χ4n) is 3.04. The van der Waals surface area contributed by atoms with Crippen molar-refractivity contribution in [1.29, 1.82) is 0 Å². The largest absolute Gasteiger partial charge is 0.464 e. The summed E-state index contributed by atoms with van der Waals surface area (Å²) in [6, 6.07) is 15.0. The van der Waals surface area contributed by atoms with Crippen LogP contribution >= 0.6 is 0 Å². The Kier molecular flexibility index (Phi) is 4.02. The van der Waals surface area contributed by atoms with Crippen molar-refractivity contribution in [2.45, 2.75) is 26.2 Å². The van der Waals surface area contributed by atoms with Crippen LogP contribution in [0.1, 0.15) is 26.2 Å². The molecule has 0 saturated heterocycles. The van der Waals surface area contributed by atoms with E-state index in [9.17, 15) is 4.79 Å². The Labute approximate surface area is 146 Å². The fourth-order valence-corrected chi connectivity index (χ4v) is 3.04. The normalized spacial score (nSPS) is 13.4. The lowest BCUT2D eigenvalue weighted by molar-refractivity contribution is 0.581. The molecule has 1 aromatic carbocycles. The quantitative estimate of drug-likeness (QED) is 0.734. The molecule has 1 fully saturated rings. The smallest absolute Gasteiger partial charge is 0.255 e. The lowest BCUT2D eigenvalue weighted by Gasteiger charge is -2.21. The van der Waals surface area contributed by atoms with Gasteiger partial charge >= 0.3 is 0 Å². The minimum atomic E-state index is -0.0680. The predicted octanol–water partition coefficient (Wildman–Crippen LogP) is 4.97. The maximum atomic E-state index is 12.3. The number of benzene rings is 1. The van der Waals surface area contributed by atoms with Crippen LogP contribution in [0, 0.1) is 0 Å². The number of rotatable bonds is 4. The van der Waals surface area contributed by atoms with Crippen molar-refractivity contribution < 1.29 is 4.42 Å². The summed E-state index contributed by atoms with van der Waals surface area (Å²) >= 11 is 0. The summed E-state index contributed by atoms with van der Waals surface area (Å²) in [7, 11) is 0. The monoisotopic (exact) mass is 332 g/mol. The third-order valence-electron chi connectivity index (χ3n) is 4.66. The summed E-state index contributed by atoms with van der Waals surface area (Å²) in [4.78, 5) is 12.3. The Bertz CT molecular complexity index is 975. The summed E-state index contributed by atoms with van der Waals surface area (Å²) in [6.45, 7) is 2.12. The average molecular weight is 332 g/mol. The minimum absolute atomic E-state index is 0.0680. The maximum Gasteiger partial charge on any atom is 0.255 e. The van der Waals surface area contributed by atoms with Crippen LogP contribution in [-0.4, -0.2) is 4.57 Å². The van der Waals surface area contributed by atoms with E-state index in [0.717, 1.165) is 22.7 Å². The number of hydrogen-bond acceptors (Lipinski definition) is 3. The molecule has 3 aromatic rings. The van der Waals surface area contributed by atoms with Gasteiger partial charge in [-0.2, -0.15) is 0 Å². The van der Waals surface area contributed by atoms with Gasteiger partial charge in [0.1, 0.15) is 5.76 Å². The summed E-state index contributed by atoms with van der Waals surface area (Å²) in [6.07, 6.45) is 7.10. The Hall–Kier alpha value is -3.01. The zero-order valence-electron chi connectivity index (χ0n) is 14.2. The van der Waals surface area contributed by atoms with E-state index >= 15 is 0 Å². The molecule has 2 aromatic heterocycles. The second kappa shape index (κ2) is 6.48. The molecule has 0 aliphatic heterocycles. The molecule has 1 aliphatic rings. The van der Waals surface area contributed by atoms with Crippen molar-refractivity contribution in [1.82, 2.24) is 4.57 Å². The number of nitrogens with zero attached hydrogens (tertiary/aromatic N) is 1. The average Bonchev–Trinajstić information content (AvgIpc) is 3.08. The van der Waals surface area contributed by atoms with Crippen LogP contribution in [0.15, 0.2) is 81.5 Å². The number of hydrogen-bond donors (Lipinski definition) is 1. The minimum Gasteiger partial charge on any atom is -0.464 e. The van der Waals surface area contributed by atoms with Crippen LogP contribution in [0.5, 0.6) is 0 Å². The summed E-state index contributed by atoms with van der Waals surface area (Å²) in [5, 5.41) is 3.46. The molecule has 25 heavy (non-hydrogen) atoms. The van der Waals surface area contributed by atoms with Gasteiger partial charge in [0.15, 0.2) is 0 Å². The second-order valence-electron chi connectivity index (χ2n) is 6.36. The molecular weight excluding hydrogens is 312 g/mol. The van der Waals surface area contributed by atoms with Gasteiger partial charge in [0.25, 0.3) is 5.56 Å². The van der Waals surface area contributed by atoms with E-state index in [0.29, 0.717) is 0 Å². The van der Waals surface area contributed by atoms with Crippen LogP contribution < -0.4 is 10.9 Å². The molecule has 2 heterocycles. The maximum absolute atomic E-state index is 12.3. The van der Waals surface area contributed by atoms with Crippen molar-refractivity contribution >= 4 is 5.69 Å². The van der Waals surface area contributed by atoms with E-state index in [1.165, 1.54) is 30.5 Å². The molecule has 1 N–H and O–H groups in total. The van der Waals surface area contributed by atoms with Crippen LogP contribution in [0.25, 0.3) is 17.0 Å². The SMILES string of the molecule is CC(Nc1cccc(-n2cc(-c3ccco3)ccc2=O)c1)=C1CCC1. The summed E-state index contributed by atoms with van der Waals surface area (Å²) < 4.78 is 7.09. The lowest BCUT2D eigenvalue weighted by atomic mass is 9.91. The molecule has 1 aliphatic carbocycles. The third kappa shape index (κ3) is 3.15. The van der Waals surface area contributed by atoms with Gasteiger partial charge in [-0.25, -0.2) is 0 Å². The van der Waals surface area contributed by atoms with Gasteiger partial charge in [0, 0.05) is 29.2 Å². The van der Waals surface area contributed by atoms with E-state index in [2.05, 4.69) is 12.2 Å². The fraction of sp³-hybridized carbons (Fsp3) is 0.190. The highest BCUT2D eigenvalue weighted by Crippen LogP contribution is 2.29. The van der Waals surface area contributed by atoms with Crippen LogP contribution in [0.4, 0.5) is 5.69 Å². The van der Waals surface area contributed by atoms with Gasteiger partial charge in [-0.1, -0.05) is 11.6 Å². The lowest BCUT2D eigenvalue weighted by Crippen LogP contribution is -2.16. The van der Waals surface area contributed by atoms with E-state index in [1.54, 1.807) is 23.0 Å². The summed E-state index contributed by atoms with van der Waals surface area (Å²) in [5.74, 6) is 0.744. The first-order valence-electron chi connectivity index (χ1n) is 8.53. The Morgan fingerprint density at radius 1 is 1.12 bits per heavy atom. The molecule has 0 radical (unpaired) electrons. The molecule has 4 rings (SSSR count). The Morgan fingerprint density at radius 2 is 2.00 bits per heavy atom. The molecule has 0 atom stereocenters. The molecule has 0 amide bonds. The number of furan rings is 1. The van der Waals surface area contributed by atoms with Crippen molar-refractivity contribution in [2.75, 3.05) is 5.32 Å². The van der Waals surface area contributed by atoms with Crippen molar-refractivity contribution in [3.63, 3.8) is 0 Å². The van der Waals surface area contributed by atoms with Gasteiger partial charge in [-0.05, 0) is 62.6 Å². The number of pyridine rings is 1. The topological polar surface area (TPSA) is 47.2 Å². The summed E-state index contributed by atoms with van der Waals surface area (Å²) in [5.41, 5.74) is 5.33. The number of aromatic nitrogens is 1. The van der Waals surface area contributed by atoms with E-state index in [4.69, 9.17) is 4.42 Å². The molecule has 4 nitrogen and oxygen atoms in total. The zero-order chi connectivity index (χ0) is 17.2. The zero-order valence-corrected chi connectivity index (χ0v) is 14.2. The van der Waals surface area contributed by atoms with Gasteiger partial charge in [0.2, 0.25) is 0 Å². The number of nitrogens with one attached hydrogen (secondary N) is 1. The Morgan fingerprint density at radius 3 is 2.72 bits per heavy atom. The molecule has 4 heteroatoms. The van der Waals surface area contributed by atoms with Crippen LogP contribution in [0.2, 0.25) is 0 Å². The van der Waals surface area contributed by atoms with Gasteiger partial charge < -0.3 is 9.73 Å². The Balaban J connectivity index is 1.69. The molecule has 126 valence electrons. The van der Waals surface area contributed by atoms with Crippen molar-refractivity contribution in [2.24, 2.45) is 0 Å². The van der Waals surface area contributed by atoms with E-state index in [-0.39, 0.29) is 5.56 Å². The van der Waals surface area contributed by atoms with Gasteiger partial charge in [-0.3, -0.25) is 9.36 Å². The molecule has 0 bridgehead atoms. The third-order valence-corrected chi connectivity index (χ3v) is 4.66. The van der Waals surface area contributed by atoms with Crippen molar-refractivity contribution in [3.05, 3.63) is 82.6 Å². The van der Waals surface area contributed by atoms with Crippen LogP contribution in [-0.2, 0) is 0 Å². The second-order valence-corrected chi connectivity index (χ2v) is 6.36. The van der Waals surface area contributed by atoms with E-state index in [1.807, 2.05) is 42.6 Å². The molecular formula is C21H20N2O2. The first-order valence-corrected chi connectivity index (χ1v) is 8.53. The molecule has 0 spiro atoms. The number of allylic oxidation sites excluding steroid dienone is 2. The highest BCUT2D eigenvalue weighted by Gasteiger charge is 2.12. The first kappa shape index (κ1) is 15.5. The van der Waals surface area contributed by atoms with Gasteiger partial charge in [0.05, 0.1) is 12.0 Å². The molecule has 0 unspecified atom stereocenters.